The first-order valence-corrected chi connectivity index (χ1v) is 5.24. The van der Waals surface area contributed by atoms with E-state index in [1.54, 1.807) is 0 Å². The normalized spacial score (nSPS) is 16.9. The number of hydrogen-bond acceptors (Lipinski definition) is 0. The minimum atomic E-state index is 0. The van der Waals surface area contributed by atoms with Crippen LogP contribution in [0.3, 0.4) is 0 Å². The van der Waals surface area contributed by atoms with Crippen molar-refractivity contribution in [1.29, 1.82) is 0 Å². The van der Waals surface area contributed by atoms with Crippen LogP contribution in [0.5, 0.6) is 0 Å². The molecular weight excluding hydrogens is 338 g/mol. The van der Waals surface area contributed by atoms with E-state index in [2.05, 4.69) is 59.9 Å². The van der Waals surface area contributed by atoms with Crippen molar-refractivity contribution >= 4 is 31.9 Å². The maximum absolute atomic E-state index is 3.62. The third kappa shape index (κ3) is 9.31. The van der Waals surface area contributed by atoms with Gasteiger partial charge in [0.2, 0.25) is 0 Å². The van der Waals surface area contributed by atoms with Gasteiger partial charge >= 0.3 is 0 Å². The molecule has 0 aromatic heterocycles. The summed E-state index contributed by atoms with van der Waals surface area (Å²) in [5.41, 5.74) is 0. The molecule has 2 unspecified atom stereocenters. The molecule has 0 aromatic carbocycles. The van der Waals surface area contributed by atoms with Crippen LogP contribution in [0.15, 0.2) is 0 Å². The summed E-state index contributed by atoms with van der Waals surface area (Å²) in [5.74, 6) is 0. The number of hydrogen-bond donors (Lipinski definition) is 0. The SMILES string of the molecule is CC(Br)C(Br)C[N+](C)(C)C.[Br-]. The highest BCUT2D eigenvalue weighted by Crippen LogP contribution is 2.15. The number of halogens is 3. The van der Waals surface area contributed by atoms with Crippen molar-refractivity contribution in [3.05, 3.63) is 0 Å². The van der Waals surface area contributed by atoms with Gasteiger partial charge in [-0.25, -0.2) is 0 Å². The highest BCUT2D eigenvalue weighted by molar-refractivity contribution is 9.12. The van der Waals surface area contributed by atoms with Crippen LogP contribution in [0.25, 0.3) is 0 Å². The second-order valence-electron chi connectivity index (χ2n) is 3.67. The maximum atomic E-state index is 3.62. The smallest absolute Gasteiger partial charge is 0.0918 e. The number of nitrogens with zero attached hydrogens (tertiary/aromatic N) is 1. The van der Waals surface area contributed by atoms with Crippen LogP contribution in [0.2, 0.25) is 0 Å². The summed E-state index contributed by atoms with van der Waals surface area (Å²) >= 11 is 7.15. The lowest BCUT2D eigenvalue weighted by atomic mass is 10.3. The van der Waals surface area contributed by atoms with E-state index < -0.39 is 0 Å². The Bertz CT molecular complexity index is 98.3. The molecule has 11 heavy (non-hydrogen) atoms. The monoisotopic (exact) mass is 351 g/mol. The van der Waals surface area contributed by atoms with Crippen molar-refractivity contribution < 1.29 is 21.5 Å². The molecule has 0 aliphatic carbocycles. The molecule has 70 valence electrons. The second-order valence-corrected chi connectivity index (χ2v) is 6.29. The van der Waals surface area contributed by atoms with Crippen molar-refractivity contribution in [1.82, 2.24) is 0 Å². The van der Waals surface area contributed by atoms with Gasteiger partial charge in [0.05, 0.1) is 32.5 Å². The van der Waals surface area contributed by atoms with E-state index >= 15 is 0 Å². The minimum Gasteiger partial charge on any atom is -1.00 e. The van der Waals surface area contributed by atoms with Crippen LogP contribution in [-0.4, -0.2) is 41.8 Å². The highest BCUT2D eigenvalue weighted by Gasteiger charge is 2.18. The lowest BCUT2D eigenvalue weighted by Gasteiger charge is -2.27. The molecule has 0 saturated carbocycles. The Morgan fingerprint density at radius 1 is 1.18 bits per heavy atom. The number of alkyl halides is 2. The van der Waals surface area contributed by atoms with Gasteiger partial charge < -0.3 is 21.5 Å². The first kappa shape index (κ1) is 14.9. The van der Waals surface area contributed by atoms with Crippen LogP contribution in [0, 0.1) is 0 Å². The fourth-order valence-electron chi connectivity index (χ4n) is 0.668. The lowest BCUT2D eigenvalue weighted by Crippen LogP contribution is -3.00. The summed E-state index contributed by atoms with van der Waals surface area (Å²) in [6, 6.07) is 0. The summed E-state index contributed by atoms with van der Waals surface area (Å²) < 4.78 is 1.01. The molecule has 0 N–H and O–H groups in total. The van der Waals surface area contributed by atoms with Crippen LogP contribution in [0.4, 0.5) is 0 Å². The van der Waals surface area contributed by atoms with Crippen molar-refractivity contribution in [3.63, 3.8) is 0 Å². The van der Waals surface area contributed by atoms with Crippen molar-refractivity contribution in [3.8, 4) is 0 Å². The van der Waals surface area contributed by atoms with E-state index in [0.29, 0.717) is 9.65 Å². The fraction of sp³-hybridized carbons (Fsp3) is 1.00. The molecule has 0 rings (SSSR count). The third-order valence-corrected chi connectivity index (χ3v) is 3.65. The van der Waals surface area contributed by atoms with Gasteiger partial charge in [0.15, 0.2) is 0 Å². The van der Waals surface area contributed by atoms with Gasteiger partial charge in [-0.3, -0.25) is 0 Å². The van der Waals surface area contributed by atoms with Gasteiger partial charge in [-0.15, -0.1) is 0 Å². The first-order valence-electron chi connectivity index (χ1n) is 3.41. The Labute approximate surface area is 97.1 Å². The molecule has 1 nitrogen and oxygen atoms in total. The van der Waals surface area contributed by atoms with Crippen molar-refractivity contribution in [2.75, 3.05) is 27.7 Å². The van der Waals surface area contributed by atoms with E-state index in [0.717, 1.165) is 11.0 Å². The summed E-state index contributed by atoms with van der Waals surface area (Å²) in [4.78, 5) is 1.11. The minimum absolute atomic E-state index is 0. The number of quaternary nitrogens is 1. The number of rotatable bonds is 3. The summed E-state index contributed by atoms with van der Waals surface area (Å²) in [5, 5.41) is 0. The molecule has 0 saturated heterocycles. The van der Waals surface area contributed by atoms with Crippen LogP contribution < -0.4 is 17.0 Å². The van der Waals surface area contributed by atoms with Gasteiger partial charge in [0, 0.05) is 4.83 Å². The topological polar surface area (TPSA) is 0 Å². The standard InChI is InChI=1S/C7H16Br2N.BrH/c1-6(8)7(9)5-10(2,3)4;/h6-7H,5H2,1-4H3;1H/q+1;/p-1. The Morgan fingerprint density at radius 3 is 1.64 bits per heavy atom. The molecule has 0 radical (unpaired) electrons. The molecule has 0 bridgehead atoms. The van der Waals surface area contributed by atoms with E-state index in [-0.39, 0.29) is 17.0 Å². The second kappa shape index (κ2) is 5.95. The van der Waals surface area contributed by atoms with Crippen LogP contribution >= 0.6 is 31.9 Å². The molecule has 0 aliphatic heterocycles. The molecule has 0 aliphatic rings. The lowest BCUT2D eigenvalue weighted by molar-refractivity contribution is -0.869. The van der Waals surface area contributed by atoms with Crippen molar-refractivity contribution in [2.24, 2.45) is 0 Å². The first-order chi connectivity index (χ1) is 4.33. The maximum Gasteiger partial charge on any atom is 0.0918 e. The molecule has 0 aromatic rings. The van der Waals surface area contributed by atoms with E-state index in [1.807, 2.05) is 0 Å². The van der Waals surface area contributed by atoms with Gasteiger partial charge in [0.25, 0.3) is 0 Å². The molecule has 0 fully saturated rings. The van der Waals surface area contributed by atoms with E-state index in [4.69, 9.17) is 0 Å². The Morgan fingerprint density at radius 2 is 1.55 bits per heavy atom. The Kier molecular flexibility index (Phi) is 8.05. The summed E-state index contributed by atoms with van der Waals surface area (Å²) in [6.07, 6.45) is 0. The van der Waals surface area contributed by atoms with Gasteiger partial charge in [-0.2, -0.15) is 0 Å². The highest BCUT2D eigenvalue weighted by atomic mass is 79.9. The molecule has 4 heteroatoms. The van der Waals surface area contributed by atoms with Crippen LogP contribution in [0.1, 0.15) is 6.92 Å². The van der Waals surface area contributed by atoms with Crippen LogP contribution in [-0.2, 0) is 0 Å². The van der Waals surface area contributed by atoms with E-state index in [1.165, 1.54) is 0 Å². The third-order valence-electron chi connectivity index (χ3n) is 1.22. The zero-order valence-corrected chi connectivity index (χ0v) is 12.2. The largest absolute Gasteiger partial charge is 1.00 e. The van der Waals surface area contributed by atoms with Gasteiger partial charge in [0.1, 0.15) is 0 Å². The molecular formula is C7H16Br3N. The van der Waals surface area contributed by atoms with Crippen molar-refractivity contribution in [2.45, 2.75) is 16.6 Å². The predicted octanol–water partition coefficient (Wildman–Crippen LogP) is -0.756. The summed E-state index contributed by atoms with van der Waals surface area (Å²) in [7, 11) is 6.59. The molecule has 0 amide bonds. The fourth-order valence-corrected chi connectivity index (χ4v) is 1.70. The molecule has 0 spiro atoms. The zero-order chi connectivity index (χ0) is 8.36. The summed E-state index contributed by atoms with van der Waals surface area (Å²) in [6.45, 7) is 3.31. The molecule has 0 heterocycles. The Hall–Kier alpha value is 1.40. The predicted molar refractivity (Wildman–Crippen MR) is 54.0 cm³/mol. The average molecular weight is 354 g/mol. The zero-order valence-electron chi connectivity index (χ0n) is 7.44. The molecule has 2 atom stereocenters. The van der Waals surface area contributed by atoms with Gasteiger partial charge in [-0.05, 0) is 0 Å². The van der Waals surface area contributed by atoms with E-state index in [9.17, 15) is 0 Å². The van der Waals surface area contributed by atoms with Gasteiger partial charge in [-0.1, -0.05) is 38.8 Å². The average Bonchev–Trinajstić information content (AvgIpc) is 1.60. The quantitative estimate of drug-likeness (QED) is 0.462. The Balaban J connectivity index is 0.